The van der Waals surface area contributed by atoms with E-state index in [0.29, 0.717) is 18.7 Å². The summed E-state index contributed by atoms with van der Waals surface area (Å²) in [5.74, 6) is -0.344. The molecule has 6 nitrogen and oxygen atoms in total. The lowest BCUT2D eigenvalue weighted by Gasteiger charge is -2.42. The third-order valence-corrected chi connectivity index (χ3v) is 5.68. The number of hydrogen-bond acceptors (Lipinski definition) is 4. The van der Waals surface area contributed by atoms with Crippen LogP contribution < -0.4 is 0 Å². The van der Waals surface area contributed by atoms with Gasteiger partial charge >= 0.3 is 0 Å². The molecule has 3 aromatic rings. The van der Waals surface area contributed by atoms with Gasteiger partial charge in [0.1, 0.15) is 5.69 Å². The molecule has 6 heteroatoms. The first kappa shape index (κ1) is 21.7. The quantitative estimate of drug-likeness (QED) is 0.624. The molecule has 1 aromatic heterocycles. The van der Waals surface area contributed by atoms with Crippen LogP contribution in [0.4, 0.5) is 0 Å². The van der Waals surface area contributed by atoms with Crippen LogP contribution in [0.2, 0.25) is 0 Å². The molecule has 1 aliphatic rings. The Morgan fingerprint density at radius 3 is 2.47 bits per heavy atom. The van der Waals surface area contributed by atoms with Gasteiger partial charge in [-0.1, -0.05) is 60.7 Å². The van der Waals surface area contributed by atoms with Crippen molar-refractivity contribution in [1.82, 2.24) is 14.8 Å². The van der Waals surface area contributed by atoms with Gasteiger partial charge in [0, 0.05) is 33.3 Å². The van der Waals surface area contributed by atoms with Gasteiger partial charge in [0.25, 0.3) is 11.8 Å². The molecule has 1 atom stereocenters. The van der Waals surface area contributed by atoms with Crippen LogP contribution in [-0.2, 0) is 16.0 Å². The Morgan fingerprint density at radius 2 is 1.75 bits per heavy atom. The second kappa shape index (κ2) is 9.32. The van der Waals surface area contributed by atoms with Crippen LogP contribution in [0.25, 0.3) is 11.1 Å². The monoisotopic (exact) mass is 429 g/mol. The Hall–Kier alpha value is -3.51. The van der Waals surface area contributed by atoms with E-state index in [2.05, 4.69) is 29.2 Å². The van der Waals surface area contributed by atoms with Crippen LogP contribution in [-0.4, -0.2) is 66.0 Å². The number of pyridine rings is 1. The van der Waals surface area contributed by atoms with Crippen LogP contribution in [0, 0.1) is 0 Å². The van der Waals surface area contributed by atoms with Crippen molar-refractivity contribution in [3.05, 3.63) is 90.3 Å². The molecule has 0 N–H and O–H groups in total. The van der Waals surface area contributed by atoms with Gasteiger partial charge in [0.05, 0.1) is 13.2 Å². The molecule has 32 heavy (non-hydrogen) atoms. The van der Waals surface area contributed by atoms with Gasteiger partial charge in [0.2, 0.25) is 0 Å². The highest BCUT2D eigenvalue weighted by Gasteiger charge is 2.46. The van der Waals surface area contributed by atoms with Crippen molar-refractivity contribution in [2.45, 2.75) is 12.0 Å². The zero-order chi connectivity index (χ0) is 22.6. The van der Waals surface area contributed by atoms with Crippen molar-refractivity contribution in [3.8, 4) is 11.1 Å². The van der Waals surface area contributed by atoms with E-state index in [4.69, 9.17) is 4.74 Å². The molecule has 2 heterocycles. The molecule has 1 fully saturated rings. The summed E-state index contributed by atoms with van der Waals surface area (Å²) in [5, 5.41) is 0. The second-order valence-corrected chi connectivity index (χ2v) is 8.23. The molecule has 0 radical (unpaired) electrons. The maximum absolute atomic E-state index is 13.3. The lowest BCUT2D eigenvalue weighted by Crippen LogP contribution is -2.61. The Balaban J connectivity index is 1.64. The van der Waals surface area contributed by atoms with Crippen LogP contribution in [0.5, 0.6) is 0 Å². The van der Waals surface area contributed by atoms with E-state index < -0.39 is 5.60 Å². The van der Waals surface area contributed by atoms with Crippen LogP contribution in [0.3, 0.4) is 0 Å². The molecule has 0 bridgehead atoms. The van der Waals surface area contributed by atoms with Crippen LogP contribution in [0.15, 0.2) is 79.0 Å². The smallest absolute Gasteiger partial charge is 0.272 e. The Labute approximate surface area is 188 Å². The van der Waals surface area contributed by atoms with Crippen molar-refractivity contribution in [2.24, 2.45) is 0 Å². The Kier molecular flexibility index (Phi) is 6.32. The maximum Gasteiger partial charge on any atom is 0.272 e. The van der Waals surface area contributed by atoms with Crippen molar-refractivity contribution < 1.29 is 14.3 Å². The van der Waals surface area contributed by atoms with Crippen LogP contribution >= 0.6 is 0 Å². The first-order chi connectivity index (χ1) is 15.5. The minimum atomic E-state index is -1.15. The summed E-state index contributed by atoms with van der Waals surface area (Å²) in [6.45, 7) is 0.882. The van der Waals surface area contributed by atoms with Gasteiger partial charge in [-0.25, -0.2) is 0 Å². The summed E-state index contributed by atoms with van der Waals surface area (Å²) >= 11 is 0. The third kappa shape index (κ3) is 4.55. The Morgan fingerprint density at radius 1 is 1.00 bits per heavy atom. The number of likely N-dealkylation sites (N-methyl/N-ethyl adjacent to an activating group) is 1. The molecule has 164 valence electrons. The predicted molar refractivity (Wildman–Crippen MR) is 123 cm³/mol. The molecular weight excluding hydrogens is 402 g/mol. The SMILES string of the molecule is CN(C)C(=O)C1(Cc2cccc(-c3ccccc3)c2)CN(C(=O)c2ccccn2)CCO1. The lowest BCUT2D eigenvalue weighted by molar-refractivity contribution is -0.165. The predicted octanol–water partition coefficient (Wildman–Crippen LogP) is 3.29. The summed E-state index contributed by atoms with van der Waals surface area (Å²) in [4.78, 5) is 33.8. The maximum atomic E-state index is 13.3. The average Bonchev–Trinajstić information content (AvgIpc) is 2.84. The number of ether oxygens (including phenoxy) is 1. The zero-order valence-electron chi connectivity index (χ0n) is 18.4. The van der Waals surface area contributed by atoms with Crippen molar-refractivity contribution in [3.63, 3.8) is 0 Å². The normalized spacial score (nSPS) is 18.2. The minimum absolute atomic E-state index is 0.152. The van der Waals surface area contributed by atoms with E-state index in [1.165, 1.54) is 4.90 Å². The molecule has 1 aliphatic heterocycles. The Bertz CT molecular complexity index is 1090. The van der Waals surface area contributed by atoms with Gasteiger partial charge in [-0.2, -0.15) is 0 Å². The summed E-state index contributed by atoms with van der Waals surface area (Å²) in [6.07, 6.45) is 1.97. The lowest BCUT2D eigenvalue weighted by atomic mass is 9.89. The van der Waals surface area contributed by atoms with Crippen molar-refractivity contribution in [2.75, 3.05) is 33.8 Å². The van der Waals surface area contributed by atoms with E-state index in [-0.39, 0.29) is 25.0 Å². The molecule has 1 unspecified atom stereocenters. The molecule has 4 rings (SSSR count). The first-order valence-electron chi connectivity index (χ1n) is 10.7. The number of benzene rings is 2. The second-order valence-electron chi connectivity index (χ2n) is 8.23. The van der Waals surface area contributed by atoms with Gasteiger partial charge in [-0.15, -0.1) is 0 Å². The first-order valence-corrected chi connectivity index (χ1v) is 10.7. The highest BCUT2D eigenvalue weighted by molar-refractivity contribution is 5.93. The number of hydrogen-bond donors (Lipinski definition) is 0. The van der Waals surface area contributed by atoms with Crippen LogP contribution in [0.1, 0.15) is 16.1 Å². The highest BCUT2D eigenvalue weighted by Crippen LogP contribution is 2.28. The number of carbonyl (C=O) groups is 2. The molecule has 0 saturated carbocycles. The zero-order valence-corrected chi connectivity index (χ0v) is 18.4. The molecule has 2 aromatic carbocycles. The van der Waals surface area contributed by atoms with Crippen molar-refractivity contribution in [1.29, 1.82) is 0 Å². The van der Waals surface area contributed by atoms with E-state index >= 15 is 0 Å². The number of morpholine rings is 1. The molecule has 2 amide bonds. The largest absolute Gasteiger partial charge is 0.361 e. The minimum Gasteiger partial charge on any atom is -0.361 e. The summed E-state index contributed by atoms with van der Waals surface area (Å²) in [5.41, 5.74) is 2.38. The number of aromatic nitrogens is 1. The van der Waals surface area contributed by atoms with E-state index in [1.807, 2.05) is 30.3 Å². The molecule has 0 spiro atoms. The molecule has 1 saturated heterocycles. The average molecular weight is 430 g/mol. The van der Waals surface area contributed by atoms with E-state index in [1.54, 1.807) is 43.4 Å². The number of amides is 2. The summed E-state index contributed by atoms with van der Waals surface area (Å²) in [7, 11) is 3.43. The van der Waals surface area contributed by atoms with E-state index in [0.717, 1.165) is 16.7 Å². The fourth-order valence-electron chi connectivity index (χ4n) is 4.15. The van der Waals surface area contributed by atoms with Gasteiger partial charge in [-0.05, 0) is 28.8 Å². The molecular formula is C26H27N3O3. The van der Waals surface area contributed by atoms with E-state index in [9.17, 15) is 9.59 Å². The van der Waals surface area contributed by atoms with Gasteiger partial charge in [0.15, 0.2) is 5.60 Å². The highest BCUT2D eigenvalue weighted by atomic mass is 16.5. The van der Waals surface area contributed by atoms with Gasteiger partial charge in [-0.3, -0.25) is 14.6 Å². The fraction of sp³-hybridized carbons (Fsp3) is 0.269. The number of nitrogens with zero attached hydrogens (tertiary/aromatic N) is 3. The topological polar surface area (TPSA) is 62.7 Å². The third-order valence-electron chi connectivity index (χ3n) is 5.68. The van der Waals surface area contributed by atoms with Gasteiger partial charge < -0.3 is 14.5 Å². The number of rotatable bonds is 5. The standard InChI is InChI=1S/C26H27N3O3/c1-28(2)25(31)26(18-20-9-8-12-22(17-20)21-10-4-3-5-11-21)19-29(15-16-32-26)24(30)23-13-6-7-14-27-23/h3-14,17H,15-16,18-19H2,1-2H3. The number of carbonyl (C=O) groups excluding carboxylic acids is 2. The summed E-state index contributed by atoms with van der Waals surface area (Å²) in [6, 6.07) is 23.5. The summed E-state index contributed by atoms with van der Waals surface area (Å²) < 4.78 is 6.15. The van der Waals surface area contributed by atoms with Crippen molar-refractivity contribution >= 4 is 11.8 Å². The molecule has 0 aliphatic carbocycles. The fourth-order valence-corrected chi connectivity index (χ4v) is 4.15.